The molecule has 0 fully saturated rings. The zero-order valence-electron chi connectivity index (χ0n) is 14.9. The average molecular weight is 441 g/mol. The summed E-state index contributed by atoms with van der Waals surface area (Å²) < 4.78 is 24.4. The summed E-state index contributed by atoms with van der Waals surface area (Å²) in [6.45, 7) is 0.773. The smallest absolute Gasteiger partial charge is 0.161 e. The Kier molecular flexibility index (Phi) is 6.89. The summed E-state index contributed by atoms with van der Waals surface area (Å²) in [6.07, 6.45) is 0. The van der Waals surface area contributed by atoms with Crippen molar-refractivity contribution in [2.75, 3.05) is 12.4 Å². The number of anilines is 1. The van der Waals surface area contributed by atoms with E-state index < -0.39 is 0 Å². The highest BCUT2D eigenvalue weighted by Crippen LogP contribution is 2.30. The van der Waals surface area contributed by atoms with Crippen molar-refractivity contribution in [1.29, 1.82) is 0 Å². The second kappa shape index (κ2) is 9.37. The zero-order chi connectivity index (χ0) is 20.1. The van der Waals surface area contributed by atoms with E-state index >= 15 is 0 Å². The molecule has 0 spiro atoms. The first kappa shape index (κ1) is 20.6. The van der Waals surface area contributed by atoms with Gasteiger partial charge in [-0.15, -0.1) is 0 Å². The van der Waals surface area contributed by atoms with Crippen molar-refractivity contribution < 1.29 is 13.9 Å². The van der Waals surface area contributed by atoms with E-state index in [1.165, 1.54) is 12.1 Å². The molecular weight excluding hydrogens is 424 g/mol. The number of ether oxygens (including phenoxy) is 2. The third-order valence-electron chi connectivity index (χ3n) is 4.04. The van der Waals surface area contributed by atoms with Gasteiger partial charge in [-0.25, -0.2) is 4.39 Å². The molecule has 0 atom stereocenters. The molecule has 3 nitrogen and oxygen atoms in total. The minimum Gasteiger partial charge on any atom is -0.493 e. The maximum absolute atomic E-state index is 13.1. The largest absolute Gasteiger partial charge is 0.493 e. The molecule has 0 unspecified atom stereocenters. The van der Waals surface area contributed by atoms with Gasteiger partial charge in [0.15, 0.2) is 11.5 Å². The van der Waals surface area contributed by atoms with Crippen molar-refractivity contribution >= 4 is 40.5 Å². The van der Waals surface area contributed by atoms with Crippen LogP contribution < -0.4 is 14.8 Å². The molecule has 0 heterocycles. The topological polar surface area (TPSA) is 30.5 Å². The molecule has 146 valence electrons. The molecule has 28 heavy (non-hydrogen) atoms. The first-order valence-corrected chi connectivity index (χ1v) is 9.52. The first-order chi connectivity index (χ1) is 13.5. The Balaban J connectivity index is 1.66. The molecule has 0 aliphatic heterocycles. The van der Waals surface area contributed by atoms with Gasteiger partial charge >= 0.3 is 0 Å². The van der Waals surface area contributed by atoms with Gasteiger partial charge in [0, 0.05) is 17.8 Å². The summed E-state index contributed by atoms with van der Waals surface area (Å²) in [5.41, 5.74) is 2.55. The SMILES string of the molecule is COc1cc(CNc2ccc(Cl)c(Cl)c2)ccc1OCc1ccc(F)cc1Cl. The van der Waals surface area contributed by atoms with Crippen molar-refractivity contribution in [3.63, 3.8) is 0 Å². The van der Waals surface area contributed by atoms with Gasteiger partial charge in [0.2, 0.25) is 0 Å². The molecule has 0 amide bonds. The second-order valence-electron chi connectivity index (χ2n) is 5.99. The van der Waals surface area contributed by atoms with E-state index in [1.807, 2.05) is 24.3 Å². The second-order valence-corrected chi connectivity index (χ2v) is 7.21. The Morgan fingerprint density at radius 1 is 0.857 bits per heavy atom. The van der Waals surface area contributed by atoms with Gasteiger partial charge in [0.1, 0.15) is 12.4 Å². The van der Waals surface area contributed by atoms with Crippen molar-refractivity contribution in [2.45, 2.75) is 13.2 Å². The molecular formula is C21H17Cl3FNO2. The number of methoxy groups -OCH3 is 1. The monoisotopic (exact) mass is 439 g/mol. The molecule has 1 N–H and O–H groups in total. The molecule has 0 aromatic heterocycles. The zero-order valence-corrected chi connectivity index (χ0v) is 17.2. The van der Waals surface area contributed by atoms with Gasteiger partial charge in [-0.1, -0.05) is 46.9 Å². The third-order valence-corrected chi connectivity index (χ3v) is 5.13. The van der Waals surface area contributed by atoms with E-state index in [0.717, 1.165) is 11.3 Å². The standard InChI is InChI=1S/C21H17Cl3FNO2/c1-27-21-8-13(11-26-16-5-6-17(22)19(24)10-16)2-7-20(21)28-12-14-3-4-15(25)9-18(14)23/h2-10,26H,11-12H2,1H3. The number of halogens is 4. The lowest BCUT2D eigenvalue weighted by Gasteiger charge is -2.14. The van der Waals surface area contributed by atoms with Crippen LogP contribution in [0.15, 0.2) is 54.6 Å². The molecule has 0 aliphatic carbocycles. The molecule has 0 saturated carbocycles. The van der Waals surface area contributed by atoms with Gasteiger partial charge in [0.05, 0.1) is 22.2 Å². The van der Waals surface area contributed by atoms with E-state index in [9.17, 15) is 4.39 Å². The lowest BCUT2D eigenvalue weighted by Crippen LogP contribution is -2.02. The summed E-state index contributed by atoms with van der Waals surface area (Å²) >= 11 is 18.0. The molecule has 0 radical (unpaired) electrons. The highest BCUT2D eigenvalue weighted by molar-refractivity contribution is 6.42. The molecule has 0 saturated heterocycles. The van der Waals surface area contributed by atoms with Crippen molar-refractivity contribution in [3.05, 3.63) is 86.6 Å². The van der Waals surface area contributed by atoms with E-state index in [1.54, 1.807) is 25.3 Å². The molecule has 7 heteroatoms. The van der Waals surface area contributed by atoms with Gasteiger partial charge in [-0.3, -0.25) is 0 Å². The van der Waals surface area contributed by atoms with Crippen LogP contribution in [0.1, 0.15) is 11.1 Å². The number of rotatable bonds is 7. The average Bonchev–Trinajstić information content (AvgIpc) is 2.68. The quantitative estimate of drug-likeness (QED) is 0.429. The summed E-state index contributed by atoms with van der Waals surface area (Å²) in [4.78, 5) is 0. The van der Waals surface area contributed by atoms with Crippen molar-refractivity contribution in [3.8, 4) is 11.5 Å². The Hall–Kier alpha value is -2.14. The van der Waals surface area contributed by atoms with E-state index in [0.29, 0.717) is 38.7 Å². The van der Waals surface area contributed by atoms with Gasteiger partial charge < -0.3 is 14.8 Å². The van der Waals surface area contributed by atoms with Crippen molar-refractivity contribution in [1.82, 2.24) is 0 Å². The van der Waals surface area contributed by atoms with Crippen LogP contribution in [-0.4, -0.2) is 7.11 Å². The van der Waals surface area contributed by atoms with Gasteiger partial charge in [-0.2, -0.15) is 0 Å². The number of benzene rings is 3. The molecule has 3 aromatic carbocycles. The minimum absolute atomic E-state index is 0.205. The van der Waals surface area contributed by atoms with Crippen LogP contribution in [0.2, 0.25) is 15.1 Å². The Bertz CT molecular complexity index is 982. The Morgan fingerprint density at radius 2 is 1.68 bits per heavy atom. The van der Waals surface area contributed by atoms with Crippen LogP contribution in [0, 0.1) is 5.82 Å². The van der Waals surface area contributed by atoms with Gasteiger partial charge in [-0.05, 0) is 48.0 Å². The fraction of sp³-hybridized carbons (Fsp3) is 0.143. The lowest BCUT2D eigenvalue weighted by molar-refractivity contribution is 0.284. The van der Waals surface area contributed by atoms with Crippen LogP contribution in [0.4, 0.5) is 10.1 Å². The summed E-state index contributed by atoms with van der Waals surface area (Å²) in [7, 11) is 1.57. The summed E-state index contributed by atoms with van der Waals surface area (Å²) in [6, 6.07) is 15.2. The number of nitrogens with one attached hydrogen (secondary N) is 1. The predicted octanol–water partition coefficient (Wildman–Crippen LogP) is 6.99. The lowest BCUT2D eigenvalue weighted by atomic mass is 10.2. The summed E-state index contributed by atoms with van der Waals surface area (Å²) in [5, 5.41) is 4.60. The first-order valence-electron chi connectivity index (χ1n) is 8.39. The maximum atomic E-state index is 13.1. The maximum Gasteiger partial charge on any atom is 0.161 e. The molecule has 0 aliphatic rings. The van der Waals surface area contributed by atoms with E-state index in [4.69, 9.17) is 44.3 Å². The van der Waals surface area contributed by atoms with Crippen LogP contribution in [-0.2, 0) is 13.2 Å². The molecule has 3 aromatic rings. The Labute approximate surface area is 177 Å². The summed E-state index contributed by atoms with van der Waals surface area (Å²) in [5.74, 6) is 0.776. The fourth-order valence-corrected chi connectivity index (χ4v) is 3.07. The van der Waals surface area contributed by atoms with Crippen LogP contribution in [0.25, 0.3) is 0 Å². The molecule has 3 rings (SSSR count). The van der Waals surface area contributed by atoms with E-state index in [2.05, 4.69) is 5.32 Å². The highest BCUT2D eigenvalue weighted by Gasteiger charge is 2.09. The fourth-order valence-electron chi connectivity index (χ4n) is 2.55. The third kappa shape index (κ3) is 5.22. The van der Waals surface area contributed by atoms with Crippen LogP contribution in [0.5, 0.6) is 11.5 Å². The van der Waals surface area contributed by atoms with Gasteiger partial charge in [0.25, 0.3) is 0 Å². The van der Waals surface area contributed by atoms with Crippen LogP contribution >= 0.6 is 34.8 Å². The number of hydrogen-bond donors (Lipinski definition) is 1. The molecule has 0 bridgehead atoms. The predicted molar refractivity (Wildman–Crippen MR) is 113 cm³/mol. The normalized spacial score (nSPS) is 10.6. The Morgan fingerprint density at radius 3 is 2.39 bits per heavy atom. The minimum atomic E-state index is -0.384. The van der Waals surface area contributed by atoms with Crippen molar-refractivity contribution in [2.24, 2.45) is 0 Å². The van der Waals surface area contributed by atoms with E-state index in [-0.39, 0.29) is 12.4 Å². The number of hydrogen-bond acceptors (Lipinski definition) is 3. The highest BCUT2D eigenvalue weighted by atomic mass is 35.5. The van der Waals surface area contributed by atoms with Crippen LogP contribution in [0.3, 0.4) is 0 Å².